The normalized spacial score (nSPS) is 21.3. The van der Waals surface area contributed by atoms with E-state index in [4.69, 9.17) is 14.2 Å². The third kappa shape index (κ3) is 6.37. The van der Waals surface area contributed by atoms with Crippen molar-refractivity contribution in [1.82, 2.24) is 10.2 Å². The predicted octanol–water partition coefficient (Wildman–Crippen LogP) is 1.69. The number of nitrogens with one attached hydrogen (secondary N) is 1. The Kier molecular flexibility index (Phi) is 7.34. The lowest BCUT2D eigenvalue weighted by Crippen LogP contribution is -2.49. The number of carbonyl (C=O) groups is 1. The van der Waals surface area contributed by atoms with Crippen molar-refractivity contribution in [2.75, 3.05) is 39.4 Å². The van der Waals surface area contributed by atoms with Crippen molar-refractivity contribution in [3.8, 4) is 11.5 Å². The van der Waals surface area contributed by atoms with Gasteiger partial charge in [-0.15, -0.1) is 0 Å². The Morgan fingerprint density at radius 2 is 1.75 bits per heavy atom. The maximum atomic E-state index is 12.0. The Hall–Kier alpha value is -1.79. The molecule has 2 atom stereocenters. The number of morpholine rings is 1. The minimum atomic E-state index is 0.0200. The molecule has 0 aromatic heterocycles. The monoisotopic (exact) mass is 336 g/mol. The number of ether oxygens (including phenoxy) is 3. The first-order chi connectivity index (χ1) is 11.6. The zero-order chi connectivity index (χ0) is 17.4. The average molecular weight is 336 g/mol. The molecule has 1 aliphatic rings. The van der Waals surface area contributed by atoms with Gasteiger partial charge in [-0.2, -0.15) is 0 Å². The first kappa shape index (κ1) is 18.5. The van der Waals surface area contributed by atoms with E-state index >= 15 is 0 Å². The maximum Gasteiger partial charge on any atom is 0.234 e. The molecule has 1 N–H and O–H groups in total. The van der Waals surface area contributed by atoms with Gasteiger partial charge in [0.2, 0.25) is 5.91 Å². The van der Waals surface area contributed by atoms with Gasteiger partial charge >= 0.3 is 0 Å². The Labute approximate surface area is 144 Å². The van der Waals surface area contributed by atoms with Crippen molar-refractivity contribution in [2.45, 2.75) is 33.0 Å². The Balaban J connectivity index is 1.62. The molecule has 134 valence electrons. The molecule has 0 aliphatic carbocycles. The van der Waals surface area contributed by atoms with Crippen LogP contribution in [0.4, 0.5) is 0 Å². The van der Waals surface area contributed by atoms with Crippen molar-refractivity contribution >= 4 is 5.91 Å². The van der Waals surface area contributed by atoms with E-state index in [0.717, 1.165) is 24.6 Å². The highest BCUT2D eigenvalue weighted by atomic mass is 16.5. The van der Waals surface area contributed by atoms with Crippen LogP contribution in [0, 0.1) is 0 Å². The van der Waals surface area contributed by atoms with E-state index in [1.807, 2.05) is 45.0 Å². The molecule has 24 heavy (non-hydrogen) atoms. The van der Waals surface area contributed by atoms with Gasteiger partial charge in [-0.3, -0.25) is 9.69 Å². The van der Waals surface area contributed by atoms with Crippen LogP contribution < -0.4 is 14.8 Å². The molecule has 1 aromatic rings. The van der Waals surface area contributed by atoms with Gasteiger partial charge in [0.15, 0.2) is 0 Å². The van der Waals surface area contributed by atoms with Gasteiger partial charge in [0.25, 0.3) is 0 Å². The fraction of sp³-hybridized carbons (Fsp3) is 0.611. The van der Waals surface area contributed by atoms with E-state index in [2.05, 4.69) is 10.2 Å². The molecule has 6 nitrogen and oxygen atoms in total. The van der Waals surface area contributed by atoms with E-state index in [1.54, 1.807) is 0 Å². The highest BCUT2D eigenvalue weighted by Crippen LogP contribution is 2.17. The van der Waals surface area contributed by atoms with Gasteiger partial charge in [-0.1, -0.05) is 0 Å². The minimum Gasteiger partial charge on any atom is -0.494 e. The fourth-order valence-electron chi connectivity index (χ4n) is 2.83. The summed E-state index contributed by atoms with van der Waals surface area (Å²) >= 11 is 0. The van der Waals surface area contributed by atoms with Crippen molar-refractivity contribution in [3.63, 3.8) is 0 Å². The summed E-state index contributed by atoms with van der Waals surface area (Å²) in [5.74, 6) is 1.61. The summed E-state index contributed by atoms with van der Waals surface area (Å²) in [6.07, 6.45) is 0.342. The summed E-state index contributed by atoms with van der Waals surface area (Å²) in [5, 5.41) is 2.89. The van der Waals surface area contributed by atoms with E-state index in [0.29, 0.717) is 26.3 Å². The van der Waals surface area contributed by atoms with Gasteiger partial charge < -0.3 is 19.5 Å². The van der Waals surface area contributed by atoms with Crippen molar-refractivity contribution in [2.24, 2.45) is 0 Å². The molecule has 1 aliphatic heterocycles. The largest absolute Gasteiger partial charge is 0.494 e. The van der Waals surface area contributed by atoms with Gasteiger partial charge in [0.05, 0.1) is 31.9 Å². The molecule has 0 spiro atoms. The van der Waals surface area contributed by atoms with Crippen LogP contribution in [0.3, 0.4) is 0 Å². The third-order valence-electron chi connectivity index (χ3n) is 3.69. The van der Waals surface area contributed by atoms with Crippen molar-refractivity contribution in [1.29, 1.82) is 0 Å². The molecule has 0 unspecified atom stereocenters. The second-order valence-corrected chi connectivity index (χ2v) is 6.05. The van der Waals surface area contributed by atoms with Gasteiger partial charge in [0, 0.05) is 13.1 Å². The molecule has 0 saturated carbocycles. The van der Waals surface area contributed by atoms with Crippen LogP contribution in [0.15, 0.2) is 24.3 Å². The van der Waals surface area contributed by atoms with Crippen LogP contribution >= 0.6 is 0 Å². The molecule has 1 amide bonds. The molecule has 1 heterocycles. The standard InChI is InChI=1S/C18H28N2O4/c1-4-22-16-5-7-17(8-6-16)23-10-9-19-18(21)13-20-11-14(2)24-15(3)12-20/h5-8,14-15H,4,9-13H2,1-3H3,(H,19,21)/t14-,15-/m0/s1. The fourth-order valence-corrected chi connectivity index (χ4v) is 2.83. The molecule has 0 radical (unpaired) electrons. The number of nitrogens with zero attached hydrogens (tertiary/aromatic N) is 1. The molecule has 1 fully saturated rings. The number of hydrogen-bond acceptors (Lipinski definition) is 5. The van der Waals surface area contributed by atoms with Crippen LogP contribution in [0.5, 0.6) is 11.5 Å². The lowest BCUT2D eigenvalue weighted by molar-refractivity contribution is -0.126. The molecular weight excluding hydrogens is 308 g/mol. The van der Waals surface area contributed by atoms with Crippen LogP contribution in [-0.4, -0.2) is 62.4 Å². The first-order valence-corrected chi connectivity index (χ1v) is 8.57. The van der Waals surface area contributed by atoms with Crippen molar-refractivity contribution in [3.05, 3.63) is 24.3 Å². The Morgan fingerprint density at radius 1 is 1.17 bits per heavy atom. The molecule has 2 rings (SSSR count). The van der Waals surface area contributed by atoms with Crippen molar-refractivity contribution < 1.29 is 19.0 Å². The quantitative estimate of drug-likeness (QED) is 0.732. The topological polar surface area (TPSA) is 60.0 Å². The van der Waals surface area contributed by atoms with Crippen LogP contribution in [0.1, 0.15) is 20.8 Å². The lowest BCUT2D eigenvalue weighted by atomic mass is 10.2. The Morgan fingerprint density at radius 3 is 2.33 bits per heavy atom. The smallest absolute Gasteiger partial charge is 0.234 e. The van der Waals surface area contributed by atoms with E-state index in [-0.39, 0.29) is 18.1 Å². The SMILES string of the molecule is CCOc1ccc(OCCNC(=O)CN2C[C@H](C)O[C@@H](C)C2)cc1. The zero-order valence-corrected chi connectivity index (χ0v) is 14.8. The maximum absolute atomic E-state index is 12.0. The Bertz CT molecular complexity index is 496. The number of rotatable bonds is 8. The van der Waals surface area contributed by atoms with Crippen LogP contribution in [0.2, 0.25) is 0 Å². The lowest BCUT2D eigenvalue weighted by Gasteiger charge is -2.34. The summed E-state index contributed by atoms with van der Waals surface area (Å²) in [6.45, 7) is 9.58. The van der Waals surface area contributed by atoms with Gasteiger partial charge in [-0.25, -0.2) is 0 Å². The number of benzene rings is 1. The summed E-state index contributed by atoms with van der Waals surface area (Å²) in [5.41, 5.74) is 0. The second-order valence-electron chi connectivity index (χ2n) is 6.05. The molecule has 0 bridgehead atoms. The number of carbonyl (C=O) groups excluding carboxylic acids is 1. The van der Waals surface area contributed by atoms with E-state index in [1.165, 1.54) is 0 Å². The summed E-state index contributed by atoms with van der Waals surface area (Å²) in [4.78, 5) is 14.1. The predicted molar refractivity (Wildman–Crippen MR) is 92.6 cm³/mol. The summed E-state index contributed by atoms with van der Waals surface area (Å²) < 4.78 is 16.7. The first-order valence-electron chi connectivity index (χ1n) is 8.57. The molecule has 1 saturated heterocycles. The number of amides is 1. The minimum absolute atomic E-state index is 0.0200. The summed E-state index contributed by atoms with van der Waals surface area (Å²) in [7, 11) is 0. The highest BCUT2D eigenvalue weighted by molar-refractivity contribution is 5.78. The van der Waals surface area contributed by atoms with Gasteiger partial charge in [0.1, 0.15) is 18.1 Å². The van der Waals surface area contributed by atoms with Gasteiger partial charge in [-0.05, 0) is 45.0 Å². The third-order valence-corrected chi connectivity index (χ3v) is 3.69. The summed E-state index contributed by atoms with van der Waals surface area (Å²) in [6, 6.07) is 7.48. The molecule has 6 heteroatoms. The van der Waals surface area contributed by atoms with E-state index < -0.39 is 0 Å². The zero-order valence-electron chi connectivity index (χ0n) is 14.8. The highest BCUT2D eigenvalue weighted by Gasteiger charge is 2.23. The van der Waals surface area contributed by atoms with E-state index in [9.17, 15) is 4.79 Å². The second kappa shape index (κ2) is 9.49. The van der Waals surface area contributed by atoms with Crippen LogP contribution in [0.25, 0.3) is 0 Å². The average Bonchev–Trinajstić information content (AvgIpc) is 2.52. The van der Waals surface area contributed by atoms with Crippen LogP contribution in [-0.2, 0) is 9.53 Å². The number of hydrogen-bond donors (Lipinski definition) is 1. The molecule has 1 aromatic carbocycles. The molecular formula is C18H28N2O4.